The summed E-state index contributed by atoms with van der Waals surface area (Å²) in [6, 6.07) is 148. The zero-order valence-corrected chi connectivity index (χ0v) is 65.8. The molecule has 0 radical (unpaired) electrons. The SMILES string of the molecule is Cc1cccc(-c2cc(-c3ccccc3)cc(F)c2N(c2cc3c(c4ccccc24)-c2c(ccc4ccccc24)C3(c2ccccc2)C2(c3ccccc3)c3ccc4ccccc4c3-c3c2cc(N(c2c(F)cc(-c4ccccc4)cc2-c2ccccc2)c2cccc4c2oc2ccccc24)c2ccccc32)c2cccc3c2oc2ccccc23)c1. The van der Waals surface area contributed by atoms with Crippen LogP contribution in [0, 0.1) is 18.6 Å². The Labute approximate surface area is 697 Å². The fourth-order valence-corrected chi connectivity index (χ4v) is 21.1. The first-order chi connectivity index (χ1) is 59.8. The van der Waals surface area contributed by atoms with Crippen molar-refractivity contribution in [1.82, 2.24) is 0 Å². The van der Waals surface area contributed by atoms with E-state index in [1.165, 1.54) is 0 Å². The molecule has 6 heteroatoms. The minimum Gasteiger partial charge on any atom is -0.454 e. The number of rotatable bonds is 13. The Kier molecular flexibility index (Phi) is 15.7. The van der Waals surface area contributed by atoms with Gasteiger partial charge in [-0.2, -0.15) is 0 Å². The van der Waals surface area contributed by atoms with Crippen molar-refractivity contribution in [1.29, 1.82) is 0 Å². The van der Waals surface area contributed by atoms with Crippen molar-refractivity contribution in [3.8, 4) is 66.8 Å². The van der Waals surface area contributed by atoms with E-state index < -0.39 is 22.5 Å². The Balaban J connectivity index is 0.913. The third-order valence-corrected chi connectivity index (χ3v) is 25.9. The zero-order chi connectivity index (χ0) is 80.2. The molecule has 2 atom stereocenters. The van der Waals surface area contributed by atoms with E-state index in [9.17, 15) is 0 Å². The van der Waals surface area contributed by atoms with E-state index in [1.807, 2.05) is 91.0 Å². The topological polar surface area (TPSA) is 32.8 Å². The molecule has 2 heterocycles. The predicted molar refractivity (Wildman–Crippen MR) is 497 cm³/mol. The number of hydrogen-bond acceptors (Lipinski definition) is 4. The van der Waals surface area contributed by atoms with Gasteiger partial charge in [0.25, 0.3) is 0 Å². The van der Waals surface area contributed by atoms with E-state index >= 15 is 8.78 Å². The van der Waals surface area contributed by atoms with Gasteiger partial charge in [-0.15, -0.1) is 0 Å². The van der Waals surface area contributed by atoms with Crippen LogP contribution >= 0.6 is 0 Å². The molecular formula is C115H72F2N2O2. The van der Waals surface area contributed by atoms with Crippen molar-refractivity contribution in [2.75, 3.05) is 9.80 Å². The summed E-state index contributed by atoms with van der Waals surface area (Å²) in [7, 11) is 0. The molecular weight excluding hydrogens is 1480 g/mol. The van der Waals surface area contributed by atoms with Crippen LogP contribution in [0.3, 0.4) is 0 Å². The first-order valence-electron chi connectivity index (χ1n) is 41.4. The lowest BCUT2D eigenvalue weighted by atomic mass is 9.49. The highest BCUT2D eigenvalue weighted by Crippen LogP contribution is 2.74. The number of furan rings is 2. The van der Waals surface area contributed by atoms with E-state index in [2.05, 4.69) is 332 Å². The van der Waals surface area contributed by atoms with Crippen molar-refractivity contribution >= 4 is 121 Å². The molecule has 0 saturated heterocycles. The van der Waals surface area contributed by atoms with Crippen molar-refractivity contribution in [3.05, 3.63) is 469 Å². The van der Waals surface area contributed by atoms with Gasteiger partial charge in [0.15, 0.2) is 11.2 Å². The van der Waals surface area contributed by atoms with E-state index in [0.29, 0.717) is 56.2 Å². The fourth-order valence-electron chi connectivity index (χ4n) is 21.1. The smallest absolute Gasteiger partial charge is 0.159 e. The first kappa shape index (κ1) is 69.8. The van der Waals surface area contributed by atoms with Gasteiger partial charge in [0.2, 0.25) is 0 Å². The maximum atomic E-state index is 20.0. The van der Waals surface area contributed by atoms with Crippen LogP contribution in [0.1, 0.15) is 38.9 Å². The number of aryl methyl sites for hydroxylation is 1. The Hall–Kier alpha value is -15.5. The highest BCUT2D eigenvalue weighted by molar-refractivity contribution is 6.22. The second kappa shape index (κ2) is 27.3. The summed E-state index contributed by atoms with van der Waals surface area (Å²) >= 11 is 0. The maximum Gasteiger partial charge on any atom is 0.159 e. The number of hydrogen-bond donors (Lipinski definition) is 0. The molecule has 2 aromatic heterocycles. The Morgan fingerprint density at radius 1 is 0.231 bits per heavy atom. The average Bonchev–Trinajstić information content (AvgIpc) is 1.47. The summed E-state index contributed by atoms with van der Waals surface area (Å²) in [5, 5.41) is 11.7. The van der Waals surface area contributed by atoms with Crippen molar-refractivity contribution < 1.29 is 17.6 Å². The minimum atomic E-state index is -1.36. The predicted octanol–water partition coefficient (Wildman–Crippen LogP) is 31.6. The number of halogens is 2. The largest absolute Gasteiger partial charge is 0.454 e. The lowest BCUT2D eigenvalue weighted by molar-refractivity contribution is 0.438. The molecule has 22 aromatic rings. The summed E-state index contributed by atoms with van der Waals surface area (Å²) < 4.78 is 54.6. The van der Waals surface area contributed by atoms with E-state index in [0.717, 1.165) is 171 Å². The summed E-state index contributed by atoms with van der Waals surface area (Å²) in [5.41, 5.74) is 21.1. The second-order valence-corrected chi connectivity index (χ2v) is 32.2. The molecule has 0 saturated carbocycles. The molecule has 24 rings (SSSR count). The molecule has 121 heavy (non-hydrogen) atoms. The average molecular weight is 1550 g/mol. The molecule has 0 spiro atoms. The molecule has 568 valence electrons. The number of fused-ring (bicyclic) bond motifs is 20. The minimum absolute atomic E-state index is 0.348. The summed E-state index contributed by atoms with van der Waals surface area (Å²) in [5.74, 6) is -0.846. The first-order valence-corrected chi connectivity index (χ1v) is 41.4. The summed E-state index contributed by atoms with van der Waals surface area (Å²) in [6.45, 7) is 2.10. The summed E-state index contributed by atoms with van der Waals surface area (Å²) in [4.78, 5) is 4.40. The van der Waals surface area contributed by atoms with Crippen molar-refractivity contribution in [3.63, 3.8) is 0 Å². The molecule has 2 aliphatic rings. The van der Waals surface area contributed by atoms with Gasteiger partial charge in [-0.1, -0.05) is 363 Å². The van der Waals surface area contributed by atoms with Gasteiger partial charge in [0, 0.05) is 43.4 Å². The third kappa shape index (κ3) is 10.2. The molecule has 0 bridgehead atoms. The normalized spacial score (nSPS) is 14.6. The van der Waals surface area contributed by atoms with E-state index in [4.69, 9.17) is 8.83 Å². The standard InChI is InChI=1S/C115H72F2N2O2/c1-71-32-29-41-77(64-71)93-66-79(73-35-9-3-10-36-73)68-99(117)111(93)119(101-57-31-55-91-87-51-26-28-59-105(87)121-113(91)101)103-70-97-109(89-53-24-22-49-85(89)103)107-83-47-20-18-40-76(83)61-63-95(107)115(97,81-44-15-6-16-45-81)114(80-42-13-5-14-43-80)94-62-60-75-39-17-19-46-82(75)106(94)108-88-52-23-21-48-84(88)102(69-96(108)114)118(100-56-30-54-90-86-50-25-27-58-104(86)120-112(90)100)110-92(74-37-11-4-12-38-74)65-78(67-98(110)116)72-33-7-2-8-34-72/h2-70H,1H3. The quantitative estimate of drug-likeness (QED) is 0.115. The zero-order valence-electron chi connectivity index (χ0n) is 65.8. The van der Waals surface area contributed by atoms with Gasteiger partial charge in [-0.05, 0) is 189 Å². The van der Waals surface area contributed by atoms with Crippen molar-refractivity contribution in [2.45, 2.75) is 17.8 Å². The monoisotopic (exact) mass is 1550 g/mol. The van der Waals surface area contributed by atoms with Crippen LogP contribution in [0.4, 0.5) is 42.9 Å². The lowest BCUT2D eigenvalue weighted by Crippen LogP contribution is -2.50. The molecule has 4 nitrogen and oxygen atoms in total. The summed E-state index contributed by atoms with van der Waals surface area (Å²) in [6.07, 6.45) is 0. The van der Waals surface area contributed by atoms with E-state index in [1.54, 1.807) is 12.1 Å². The van der Waals surface area contributed by atoms with Gasteiger partial charge >= 0.3 is 0 Å². The highest BCUT2D eigenvalue weighted by atomic mass is 19.1. The molecule has 0 fully saturated rings. The van der Waals surface area contributed by atoms with Crippen LogP contribution in [-0.4, -0.2) is 0 Å². The highest BCUT2D eigenvalue weighted by Gasteiger charge is 2.66. The van der Waals surface area contributed by atoms with Crippen LogP contribution in [0.25, 0.3) is 154 Å². The van der Waals surface area contributed by atoms with E-state index in [-0.39, 0.29) is 0 Å². The number of para-hydroxylation sites is 4. The third-order valence-electron chi connectivity index (χ3n) is 25.9. The Morgan fingerprint density at radius 2 is 0.570 bits per heavy atom. The number of benzene rings is 20. The molecule has 2 aliphatic carbocycles. The van der Waals surface area contributed by atoms with Gasteiger partial charge in [0.1, 0.15) is 22.8 Å². The van der Waals surface area contributed by atoms with Gasteiger partial charge in [-0.3, -0.25) is 0 Å². The molecule has 20 aromatic carbocycles. The van der Waals surface area contributed by atoms with Crippen LogP contribution in [0.15, 0.2) is 427 Å². The van der Waals surface area contributed by atoms with Gasteiger partial charge < -0.3 is 18.6 Å². The number of anilines is 6. The fraction of sp³-hybridized carbons (Fsp3) is 0.0261. The van der Waals surface area contributed by atoms with Gasteiger partial charge in [0.05, 0.1) is 45.0 Å². The Morgan fingerprint density at radius 3 is 1.01 bits per heavy atom. The molecule has 0 N–H and O–H groups in total. The van der Waals surface area contributed by atoms with Gasteiger partial charge in [-0.25, -0.2) is 8.78 Å². The van der Waals surface area contributed by atoms with Crippen molar-refractivity contribution in [2.24, 2.45) is 0 Å². The lowest BCUT2D eigenvalue weighted by Gasteiger charge is -2.51. The Bertz CT molecular complexity index is 7900. The van der Waals surface area contributed by atoms with Crippen LogP contribution in [0.2, 0.25) is 0 Å². The van der Waals surface area contributed by atoms with Crippen LogP contribution in [-0.2, 0) is 10.8 Å². The molecule has 0 amide bonds. The number of nitrogens with zero attached hydrogens (tertiary/aromatic N) is 2. The van der Waals surface area contributed by atoms with Crippen LogP contribution in [0.5, 0.6) is 0 Å². The molecule has 0 aliphatic heterocycles. The maximum absolute atomic E-state index is 20.0. The molecule has 2 unspecified atom stereocenters. The second-order valence-electron chi connectivity index (χ2n) is 32.2. The van der Waals surface area contributed by atoms with Crippen LogP contribution < -0.4 is 9.80 Å².